The molecular formula is C18H30IN3O2. The van der Waals surface area contributed by atoms with Crippen molar-refractivity contribution < 1.29 is 9.53 Å². The molecule has 0 aromatic carbocycles. The minimum absolute atomic E-state index is 0.226. The summed E-state index contributed by atoms with van der Waals surface area (Å²) in [5.41, 5.74) is 0. The third-order valence-corrected chi connectivity index (χ3v) is 7.32. The maximum atomic E-state index is 12.6. The van der Waals surface area contributed by atoms with Crippen molar-refractivity contribution in [3.8, 4) is 0 Å². The van der Waals surface area contributed by atoms with Crippen molar-refractivity contribution in [3.05, 3.63) is 0 Å². The number of carbonyl (C=O) groups is 1. The van der Waals surface area contributed by atoms with Crippen molar-refractivity contribution in [3.63, 3.8) is 0 Å². The standard InChI is InChI=1S/C18H30IN3O2/c19-22-12-16-10-20(11-17(16)13-22)9-14-1-5-21(6-2-14)18(23)15-3-7-24-8-4-15/h14-17H,1-13H2/t16-,17+. The number of halogens is 1. The highest BCUT2D eigenvalue weighted by Gasteiger charge is 2.40. The topological polar surface area (TPSA) is 36.0 Å². The number of rotatable bonds is 3. The van der Waals surface area contributed by atoms with Crippen LogP contribution in [0, 0.1) is 23.7 Å². The van der Waals surface area contributed by atoms with Gasteiger partial charge < -0.3 is 14.5 Å². The van der Waals surface area contributed by atoms with Crippen LogP contribution >= 0.6 is 22.9 Å². The molecule has 0 aliphatic carbocycles. The van der Waals surface area contributed by atoms with Gasteiger partial charge in [0, 0.05) is 87.8 Å². The molecule has 4 fully saturated rings. The summed E-state index contributed by atoms with van der Waals surface area (Å²) in [5, 5.41) is 0. The van der Waals surface area contributed by atoms with Crippen molar-refractivity contribution in [2.24, 2.45) is 23.7 Å². The quantitative estimate of drug-likeness (QED) is 0.489. The zero-order valence-electron chi connectivity index (χ0n) is 14.5. The van der Waals surface area contributed by atoms with Crippen LogP contribution in [0.2, 0.25) is 0 Å². The summed E-state index contributed by atoms with van der Waals surface area (Å²) in [4.78, 5) is 17.5. The number of hydrogen-bond donors (Lipinski definition) is 0. The molecule has 0 spiro atoms. The molecule has 4 aliphatic rings. The van der Waals surface area contributed by atoms with Crippen LogP contribution in [-0.4, -0.2) is 77.8 Å². The lowest BCUT2D eigenvalue weighted by atomic mass is 9.93. The SMILES string of the molecule is O=C(C1CCOCC1)N1CCC(CN2C[C@H]3CN(I)C[C@H]3C2)CC1. The molecule has 0 aromatic heterocycles. The maximum absolute atomic E-state index is 12.6. The van der Waals surface area contributed by atoms with Crippen LogP contribution in [0.1, 0.15) is 25.7 Å². The van der Waals surface area contributed by atoms with Crippen molar-refractivity contribution >= 4 is 28.8 Å². The molecule has 24 heavy (non-hydrogen) atoms. The number of carbonyl (C=O) groups excluding carboxylic acids is 1. The number of ether oxygens (including phenoxy) is 1. The molecule has 0 radical (unpaired) electrons. The summed E-state index contributed by atoms with van der Waals surface area (Å²) in [6, 6.07) is 0. The van der Waals surface area contributed by atoms with Crippen LogP contribution in [0.15, 0.2) is 0 Å². The summed E-state index contributed by atoms with van der Waals surface area (Å²) in [6.07, 6.45) is 4.23. The molecule has 4 rings (SSSR count). The van der Waals surface area contributed by atoms with Gasteiger partial charge in [0.2, 0.25) is 5.91 Å². The molecule has 4 aliphatic heterocycles. The van der Waals surface area contributed by atoms with Crippen LogP contribution in [0.5, 0.6) is 0 Å². The summed E-state index contributed by atoms with van der Waals surface area (Å²) >= 11 is 2.48. The molecule has 1 amide bonds. The highest BCUT2D eigenvalue weighted by Crippen LogP contribution is 2.34. The van der Waals surface area contributed by atoms with Gasteiger partial charge in [-0.05, 0) is 43.4 Å². The van der Waals surface area contributed by atoms with Gasteiger partial charge in [-0.2, -0.15) is 0 Å². The third-order valence-electron chi connectivity index (χ3n) is 6.53. The molecular weight excluding hydrogens is 417 g/mol. The van der Waals surface area contributed by atoms with Gasteiger partial charge in [-0.3, -0.25) is 4.79 Å². The van der Waals surface area contributed by atoms with E-state index in [-0.39, 0.29) is 5.92 Å². The summed E-state index contributed by atoms with van der Waals surface area (Å²) in [5.74, 6) is 3.21. The van der Waals surface area contributed by atoms with Crippen molar-refractivity contribution in [2.75, 3.05) is 59.0 Å². The van der Waals surface area contributed by atoms with Crippen LogP contribution in [0.25, 0.3) is 0 Å². The average molecular weight is 447 g/mol. The first-order valence-corrected chi connectivity index (χ1v) is 10.6. The summed E-state index contributed by atoms with van der Waals surface area (Å²) < 4.78 is 7.85. The second kappa shape index (κ2) is 7.76. The molecule has 0 aromatic rings. The molecule has 4 saturated heterocycles. The van der Waals surface area contributed by atoms with E-state index in [9.17, 15) is 4.79 Å². The fourth-order valence-electron chi connectivity index (χ4n) is 5.09. The highest BCUT2D eigenvalue weighted by atomic mass is 127. The largest absolute Gasteiger partial charge is 0.381 e. The molecule has 0 N–H and O–H groups in total. The van der Waals surface area contributed by atoms with E-state index in [1.807, 2.05) is 0 Å². The first-order chi connectivity index (χ1) is 11.7. The smallest absolute Gasteiger partial charge is 0.225 e. The fourth-order valence-corrected chi connectivity index (χ4v) is 6.10. The Bertz CT molecular complexity index is 436. The van der Waals surface area contributed by atoms with Gasteiger partial charge in [0.15, 0.2) is 0 Å². The molecule has 5 nitrogen and oxygen atoms in total. The zero-order chi connectivity index (χ0) is 16.5. The van der Waals surface area contributed by atoms with Crippen LogP contribution in [-0.2, 0) is 9.53 Å². The van der Waals surface area contributed by atoms with Gasteiger partial charge in [-0.1, -0.05) is 0 Å². The predicted molar refractivity (Wildman–Crippen MR) is 102 cm³/mol. The monoisotopic (exact) mass is 447 g/mol. The normalized spacial score (nSPS) is 34.0. The lowest BCUT2D eigenvalue weighted by molar-refractivity contribution is -0.140. The van der Waals surface area contributed by atoms with E-state index in [4.69, 9.17) is 4.74 Å². The van der Waals surface area contributed by atoms with E-state index < -0.39 is 0 Å². The first kappa shape index (κ1) is 17.5. The van der Waals surface area contributed by atoms with E-state index in [0.29, 0.717) is 5.91 Å². The van der Waals surface area contributed by atoms with Crippen molar-refractivity contribution in [1.82, 2.24) is 12.9 Å². The van der Waals surface area contributed by atoms with Crippen molar-refractivity contribution in [2.45, 2.75) is 25.7 Å². The Labute approximate surface area is 159 Å². The fraction of sp³-hybridized carbons (Fsp3) is 0.944. The Kier molecular flexibility index (Phi) is 5.66. The van der Waals surface area contributed by atoms with Crippen LogP contribution in [0.3, 0.4) is 0 Å². The van der Waals surface area contributed by atoms with E-state index in [1.54, 1.807) is 0 Å². The second-order valence-corrected chi connectivity index (χ2v) is 9.59. The Morgan fingerprint density at radius 2 is 1.58 bits per heavy atom. The zero-order valence-corrected chi connectivity index (χ0v) is 16.7. The molecule has 136 valence electrons. The Hall–Kier alpha value is 0.0800. The minimum Gasteiger partial charge on any atom is -0.381 e. The minimum atomic E-state index is 0.226. The third kappa shape index (κ3) is 3.91. The number of piperidine rings is 1. The highest BCUT2D eigenvalue weighted by molar-refractivity contribution is 14.1. The summed E-state index contributed by atoms with van der Waals surface area (Å²) in [7, 11) is 0. The van der Waals surface area contributed by atoms with E-state index in [0.717, 1.165) is 56.9 Å². The molecule has 4 heterocycles. The van der Waals surface area contributed by atoms with E-state index in [2.05, 4.69) is 35.8 Å². The molecule has 6 heteroatoms. The maximum Gasteiger partial charge on any atom is 0.225 e. The number of hydrogen-bond acceptors (Lipinski definition) is 4. The molecule has 0 bridgehead atoms. The number of fused-ring (bicyclic) bond motifs is 1. The first-order valence-electron chi connectivity index (χ1n) is 9.68. The van der Waals surface area contributed by atoms with Gasteiger partial charge in [-0.15, -0.1) is 0 Å². The lowest BCUT2D eigenvalue weighted by Crippen LogP contribution is -2.44. The van der Waals surface area contributed by atoms with Gasteiger partial charge in [-0.25, -0.2) is 3.11 Å². The molecule has 0 saturated carbocycles. The molecule has 2 atom stereocenters. The average Bonchev–Trinajstić information content (AvgIpc) is 3.12. The van der Waals surface area contributed by atoms with Gasteiger partial charge in [0.25, 0.3) is 0 Å². The number of nitrogens with zero attached hydrogens (tertiary/aromatic N) is 3. The van der Waals surface area contributed by atoms with Gasteiger partial charge >= 0.3 is 0 Å². The summed E-state index contributed by atoms with van der Waals surface area (Å²) in [6.45, 7) is 9.88. The molecule has 0 unspecified atom stereocenters. The second-order valence-electron chi connectivity index (χ2n) is 8.22. The van der Waals surface area contributed by atoms with Crippen molar-refractivity contribution in [1.29, 1.82) is 0 Å². The predicted octanol–water partition coefficient (Wildman–Crippen LogP) is 1.87. The van der Waals surface area contributed by atoms with E-state index in [1.165, 1.54) is 45.6 Å². The number of likely N-dealkylation sites (tertiary alicyclic amines) is 2. The van der Waals surface area contributed by atoms with Gasteiger partial charge in [0.1, 0.15) is 0 Å². The van der Waals surface area contributed by atoms with Gasteiger partial charge in [0.05, 0.1) is 0 Å². The Balaban J connectivity index is 1.20. The van der Waals surface area contributed by atoms with Crippen LogP contribution < -0.4 is 0 Å². The Morgan fingerprint density at radius 1 is 0.958 bits per heavy atom. The Morgan fingerprint density at radius 3 is 2.21 bits per heavy atom. The number of amides is 1. The lowest BCUT2D eigenvalue weighted by Gasteiger charge is -2.36. The van der Waals surface area contributed by atoms with Crippen LogP contribution in [0.4, 0.5) is 0 Å². The van der Waals surface area contributed by atoms with E-state index >= 15 is 0 Å².